The van der Waals surface area contributed by atoms with Crippen molar-refractivity contribution in [2.45, 2.75) is 25.0 Å². The standard InChI is InChI=1S/C19H21FN2O3S/c20-17-10-4-2-8-15(17)14-26(24,25)21-18-11-5-3-9-16(18)19(23)22-12-6-1-7-13-22/h2-5,8-11,21H,1,6-7,12-14H2. The van der Waals surface area contributed by atoms with E-state index in [1.54, 1.807) is 35.2 Å². The number of benzene rings is 2. The van der Waals surface area contributed by atoms with E-state index in [0.29, 0.717) is 18.7 Å². The van der Waals surface area contributed by atoms with Crippen LogP contribution in [0.2, 0.25) is 0 Å². The maximum Gasteiger partial charge on any atom is 0.255 e. The average Bonchev–Trinajstić information content (AvgIpc) is 2.64. The van der Waals surface area contributed by atoms with E-state index in [9.17, 15) is 17.6 Å². The minimum atomic E-state index is -3.86. The molecule has 1 aliphatic heterocycles. The number of carbonyl (C=O) groups is 1. The molecule has 138 valence electrons. The van der Waals surface area contributed by atoms with Crippen molar-refractivity contribution in [3.05, 3.63) is 65.5 Å². The summed E-state index contributed by atoms with van der Waals surface area (Å²) in [4.78, 5) is 14.5. The summed E-state index contributed by atoms with van der Waals surface area (Å²) in [5.74, 6) is -1.25. The van der Waals surface area contributed by atoms with E-state index in [1.807, 2.05) is 0 Å². The second-order valence-electron chi connectivity index (χ2n) is 6.35. The van der Waals surface area contributed by atoms with E-state index >= 15 is 0 Å². The minimum Gasteiger partial charge on any atom is -0.339 e. The molecule has 0 unspecified atom stereocenters. The van der Waals surface area contributed by atoms with E-state index in [2.05, 4.69) is 4.72 Å². The fraction of sp³-hybridized carbons (Fsp3) is 0.316. The third-order valence-electron chi connectivity index (χ3n) is 4.37. The van der Waals surface area contributed by atoms with Crippen LogP contribution in [-0.2, 0) is 15.8 Å². The molecule has 1 saturated heterocycles. The van der Waals surface area contributed by atoms with Gasteiger partial charge in [0.25, 0.3) is 5.91 Å². The lowest BCUT2D eigenvalue weighted by atomic mass is 10.1. The zero-order valence-electron chi connectivity index (χ0n) is 14.3. The van der Waals surface area contributed by atoms with Gasteiger partial charge >= 0.3 is 0 Å². The van der Waals surface area contributed by atoms with Gasteiger partial charge in [-0.3, -0.25) is 9.52 Å². The van der Waals surface area contributed by atoms with Crippen LogP contribution in [0.15, 0.2) is 48.5 Å². The Hall–Kier alpha value is -2.41. The highest BCUT2D eigenvalue weighted by Crippen LogP contribution is 2.22. The highest BCUT2D eigenvalue weighted by molar-refractivity contribution is 7.91. The highest BCUT2D eigenvalue weighted by atomic mass is 32.2. The van der Waals surface area contributed by atoms with Crippen molar-refractivity contribution >= 4 is 21.6 Å². The molecule has 2 aromatic carbocycles. The zero-order chi connectivity index (χ0) is 18.6. The number of likely N-dealkylation sites (tertiary alicyclic amines) is 1. The predicted molar refractivity (Wildman–Crippen MR) is 98.8 cm³/mol. The molecule has 0 bridgehead atoms. The maximum atomic E-state index is 13.8. The number of nitrogens with one attached hydrogen (secondary N) is 1. The molecule has 0 spiro atoms. The van der Waals surface area contributed by atoms with Crippen LogP contribution in [0.25, 0.3) is 0 Å². The Bertz CT molecular complexity index is 893. The van der Waals surface area contributed by atoms with Crippen LogP contribution >= 0.6 is 0 Å². The molecular weight excluding hydrogens is 355 g/mol. The van der Waals surface area contributed by atoms with Crippen molar-refractivity contribution in [1.29, 1.82) is 0 Å². The number of rotatable bonds is 5. The van der Waals surface area contributed by atoms with E-state index in [-0.39, 0.29) is 17.2 Å². The van der Waals surface area contributed by atoms with Gasteiger partial charge in [-0.25, -0.2) is 12.8 Å². The van der Waals surface area contributed by atoms with Crippen molar-refractivity contribution in [3.63, 3.8) is 0 Å². The minimum absolute atomic E-state index is 0.0832. The Kier molecular flexibility index (Phi) is 5.56. The van der Waals surface area contributed by atoms with Crippen molar-refractivity contribution in [1.82, 2.24) is 4.90 Å². The van der Waals surface area contributed by atoms with Crippen molar-refractivity contribution in [2.75, 3.05) is 17.8 Å². The average molecular weight is 376 g/mol. The van der Waals surface area contributed by atoms with E-state index in [1.165, 1.54) is 18.2 Å². The zero-order valence-corrected chi connectivity index (χ0v) is 15.1. The highest BCUT2D eigenvalue weighted by Gasteiger charge is 2.23. The summed E-state index contributed by atoms with van der Waals surface area (Å²) in [6, 6.07) is 12.3. The predicted octanol–water partition coefficient (Wildman–Crippen LogP) is 3.39. The second kappa shape index (κ2) is 7.86. The molecule has 0 radical (unpaired) electrons. The topological polar surface area (TPSA) is 66.5 Å². The van der Waals surface area contributed by atoms with Crippen molar-refractivity contribution in [2.24, 2.45) is 0 Å². The number of carbonyl (C=O) groups excluding carboxylic acids is 1. The lowest BCUT2D eigenvalue weighted by Gasteiger charge is -2.27. The molecule has 26 heavy (non-hydrogen) atoms. The first-order valence-electron chi connectivity index (χ1n) is 8.58. The molecule has 0 aliphatic carbocycles. The molecule has 1 fully saturated rings. The normalized spacial score (nSPS) is 14.9. The molecule has 1 aliphatic rings. The fourth-order valence-corrected chi connectivity index (χ4v) is 4.28. The van der Waals surface area contributed by atoms with Crippen LogP contribution in [0.5, 0.6) is 0 Å². The number of nitrogens with zero attached hydrogens (tertiary/aromatic N) is 1. The number of sulfonamides is 1. The summed E-state index contributed by atoms with van der Waals surface area (Å²) in [5, 5.41) is 0. The molecule has 0 aromatic heterocycles. The Morgan fingerprint density at radius 1 is 1.00 bits per heavy atom. The van der Waals surface area contributed by atoms with Crippen LogP contribution in [0.4, 0.5) is 10.1 Å². The summed E-state index contributed by atoms with van der Waals surface area (Å²) >= 11 is 0. The molecule has 2 aromatic rings. The Morgan fingerprint density at radius 3 is 2.38 bits per heavy atom. The Balaban J connectivity index is 1.81. The number of anilines is 1. The van der Waals surface area contributed by atoms with Crippen LogP contribution in [0.3, 0.4) is 0 Å². The molecule has 7 heteroatoms. The van der Waals surface area contributed by atoms with E-state index in [0.717, 1.165) is 19.3 Å². The first-order valence-corrected chi connectivity index (χ1v) is 10.2. The third kappa shape index (κ3) is 4.40. The van der Waals surface area contributed by atoms with Crippen LogP contribution in [-0.4, -0.2) is 32.3 Å². The molecule has 1 N–H and O–H groups in total. The van der Waals surface area contributed by atoms with Gasteiger partial charge in [-0.2, -0.15) is 0 Å². The van der Waals surface area contributed by atoms with Gasteiger partial charge in [-0.1, -0.05) is 30.3 Å². The largest absolute Gasteiger partial charge is 0.339 e. The van der Waals surface area contributed by atoms with Crippen molar-refractivity contribution in [3.8, 4) is 0 Å². The number of piperidine rings is 1. The van der Waals surface area contributed by atoms with Crippen LogP contribution in [0.1, 0.15) is 35.2 Å². The van der Waals surface area contributed by atoms with Gasteiger partial charge in [-0.15, -0.1) is 0 Å². The number of amides is 1. The molecule has 0 atom stereocenters. The maximum absolute atomic E-state index is 13.8. The molecule has 3 rings (SSSR count). The molecule has 1 heterocycles. The van der Waals surface area contributed by atoms with Gasteiger partial charge in [0.2, 0.25) is 10.0 Å². The second-order valence-corrected chi connectivity index (χ2v) is 8.07. The lowest BCUT2D eigenvalue weighted by molar-refractivity contribution is 0.0725. The van der Waals surface area contributed by atoms with Gasteiger partial charge in [0.15, 0.2) is 0 Å². The Labute approximate surface area is 152 Å². The number of hydrogen-bond donors (Lipinski definition) is 1. The SMILES string of the molecule is O=C(c1ccccc1NS(=O)(=O)Cc1ccccc1F)N1CCCCC1. The number of halogens is 1. The van der Waals surface area contributed by atoms with Gasteiger partial charge < -0.3 is 4.90 Å². The number of para-hydroxylation sites is 1. The smallest absolute Gasteiger partial charge is 0.255 e. The van der Waals surface area contributed by atoms with Gasteiger partial charge in [0.05, 0.1) is 17.0 Å². The molecule has 5 nitrogen and oxygen atoms in total. The summed E-state index contributed by atoms with van der Waals surface area (Å²) in [5.41, 5.74) is 0.616. The summed E-state index contributed by atoms with van der Waals surface area (Å²) in [6.07, 6.45) is 3.00. The fourth-order valence-electron chi connectivity index (χ4n) is 3.05. The summed E-state index contributed by atoms with van der Waals surface area (Å²) in [7, 11) is -3.86. The summed E-state index contributed by atoms with van der Waals surface area (Å²) < 4.78 is 41.1. The quantitative estimate of drug-likeness (QED) is 0.870. The first-order chi connectivity index (χ1) is 12.5. The van der Waals surface area contributed by atoms with Crippen LogP contribution in [0, 0.1) is 5.82 Å². The molecule has 0 saturated carbocycles. The van der Waals surface area contributed by atoms with Gasteiger partial charge in [-0.05, 0) is 37.5 Å². The number of hydrogen-bond acceptors (Lipinski definition) is 3. The third-order valence-corrected chi connectivity index (χ3v) is 5.59. The van der Waals surface area contributed by atoms with Crippen molar-refractivity contribution < 1.29 is 17.6 Å². The van der Waals surface area contributed by atoms with E-state index in [4.69, 9.17) is 0 Å². The Morgan fingerprint density at radius 2 is 1.65 bits per heavy atom. The van der Waals surface area contributed by atoms with Gasteiger partial charge in [0, 0.05) is 18.7 Å². The molecule has 1 amide bonds. The van der Waals surface area contributed by atoms with Crippen LogP contribution < -0.4 is 4.72 Å². The first kappa shape index (κ1) is 18.4. The molecular formula is C19H21FN2O3S. The van der Waals surface area contributed by atoms with Gasteiger partial charge in [0.1, 0.15) is 5.82 Å². The monoisotopic (exact) mass is 376 g/mol. The lowest BCUT2D eigenvalue weighted by Crippen LogP contribution is -2.36. The summed E-state index contributed by atoms with van der Waals surface area (Å²) in [6.45, 7) is 1.35. The van der Waals surface area contributed by atoms with E-state index < -0.39 is 21.6 Å².